The highest BCUT2D eigenvalue weighted by Gasteiger charge is 2.24. The predicted octanol–water partition coefficient (Wildman–Crippen LogP) is 3.69. The third kappa shape index (κ3) is 2.69. The average Bonchev–Trinajstić information content (AvgIpc) is 3.27. The average molecular weight is 350 g/mol. The number of fused-ring (bicyclic) bond motifs is 1. The van der Waals surface area contributed by atoms with Gasteiger partial charge in [0.2, 0.25) is 5.28 Å². The molecule has 8 heteroatoms. The highest BCUT2D eigenvalue weighted by atomic mass is 35.5. The van der Waals surface area contributed by atoms with E-state index in [1.807, 2.05) is 0 Å². The number of nitrogens with zero attached hydrogens (tertiary/aromatic N) is 4. The summed E-state index contributed by atoms with van der Waals surface area (Å²) in [7, 11) is 0. The minimum atomic E-state index is -0.601. The molecule has 4 rings (SSSR count). The van der Waals surface area contributed by atoms with Crippen molar-refractivity contribution in [3.8, 4) is 0 Å². The van der Waals surface area contributed by atoms with Gasteiger partial charge in [0, 0.05) is 11.6 Å². The van der Waals surface area contributed by atoms with Crippen molar-refractivity contribution < 1.29 is 8.78 Å². The summed E-state index contributed by atoms with van der Waals surface area (Å²) in [5.41, 5.74) is 1.35. The molecule has 24 heavy (non-hydrogen) atoms. The van der Waals surface area contributed by atoms with E-state index in [1.54, 1.807) is 11.5 Å². The van der Waals surface area contributed by atoms with Crippen LogP contribution < -0.4 is 5.32 Å². The molecule has 0 atom stereocenters. The first kappa shape index (κ1) is 15.3. The molecule has 0 spiro atoms. The number of halogens is 3. The quantitative estimate of drug-likeness (QED) is 0.730. The summed E-state index contributed by atoms with van der Waals surface area (Å²) in [5.74, 6) is -0.610. The highest BCUT2D eigenvalue weighted by Crippen LogP contribution is 2.28. The van der Waals surface area contributed by atoms with Crippen molar-refractivity contribution in [2.24, 2.45) is 0 Å². The zero-order valence-electron chi connectivity index (χ0n) is 12.9. The summed E-state index contributed by atoms with van der Waals surface area (Å²) in [6.07, 6.45) is 3.64. The molecule has 124 valence electrons. The molecule has 2 heterocycles. The van der Waals surface area contributed by atoms with Crippen LogP contribution in [-0.2, 0) is 6.54 Å². The Hall–Kier alpha value is -2.28. The molecule has 1 aliphatic carbocycles. The molecule has 1 aromatic carbocycles. The van der Waals surface area contributed by atoms with E-state index in [4.69, 9.17) is 11.6 Å². The van der Waals surface area contributed by atoms with Crippen LogP contribution in [0.5, 0.6) is 0 Å². The fourth-order valence-electron chi connectivity index (χ4n) is 2.59. The molecular weight excluding hydrogens is 336 g/mol. The molecule has 1 fully saturated rings. The second kappa shape index (κ2) is 5.66. The van der Waals surface area contributed by atoms with E-state index < -0.39 is 11.6 Å². The van der Waals surface area contributed by atoms with Gasteiger partial charge in [0.15, 0.2) is 17.0 Å². The Balaban J connectivity index is 1.78. The minimum absolute atomic E-state index is 0.0218. The molecule has 3 aromatic rings. The molecular formula is C16H14ClF2N5. The summed E-state index contributed by atoms with van der Waals surface area (Å²) >= 11 is 6.00. The molecule has 1 N–H and O–H groups in total. The summed E-state index contributed by atoms with van der Waals surface area (Å²) in [6.45, 7) is 1.58. The monoisotopic (exact) mass is 349 g/mol. The Kier molecular flexibility index (Phi) is 3.60. The number of imidazole rings is 1. The Morgan fingerprint density at radius 2 is 2.08 bits per heavy atom. The first-order valence-electron chi connectivity index (χ1n) is 7.61. The fourth-order valence-corrected chi connectivity index (χ4v) is 2.75. The number of hydrogen-bond acceptors (Lipinski definition) is 4. The summed E-state index contributed by atoms with van der Waals surface area (Å²) < 4.78 is 29.8. The molecule has 0 radical (unpaired) electrons. The van der Waals surface area contributed by atoms with Gasteiger partial charge in [-0.3, -0.25) is 0 Å². The number of aromatic nitrogens is 4. The van der Waals surface area contributed by atoms with Crippen LogP contribution in [0.4, 0.5) is 14.6 Å². The third-order valence-electron chi connectivity index (χ3n) is 4.06. The lowest BCUT2D eigenvalue weighted by molar-refractivity contribution is 0.541. The SMILES string of the molecule is Cc1ccc(F)c(Cn2cnc3c(NC4CC4)nc(Cl)nc32)c1F. The van der Waals surface area contributed by atoms with E-state index in [9.17, 15) is 8.78 Å². The Labute approximate surface area is 141 Å². The van der Waals surface area contributed by atoms with Gasteiger partial charge in [-0.25, -0.2) is 13.8 Å². The van der Waals surface area contributed by atoms with E-state index in [0.717, 1.165) is 12.8 Å². The molecule has 1 saturated carbocycles. The Morgan fingerprint density at radius 3 is 2.83 bits per heavy atom. The van der Waals surface area contributed by atoms with Crippen molar-refractivity contribution in [1.29, 1.82) is 0 Å². The largest absolute Gasteiger partial charge is 0.365 e. The topological polar surface area (TPSA) is 55.6 Å². The zero-order valence-corrected chi connectivity index (χ0v) is 13.6. The van der Waals surface area contributed by atoms with Gasteiger partial charge in [-0.05, 0) is 43.0 Å². The number of nitrogens with one attached hydrogen (secondary N) is 1. The third-order valence-corrected chi connectivity index (χ3v) is 4.23. The first-order valence-corrected chi connectivity index (χ1v) is 7.99. The lowest BCUT2D eigenvalue weighted by atomic mass is 10.1. The molecule has 1 aliphatic rings. The van der Waals surface area contributed by atoms with Gasteiger partial charge >= 0.3 is 0 Å². The van der Waals surface area contributed by atoms with E-state index in [2.05, 4.69) is 20.3 Å². The van der Waals surface area contributed by atoms with Crippen molar-refractivity contribution >= 4 is 28.6 Å². The van der Waals surface area contributed by atoms with Gasteiger partial charge in [-0.2, -0.15) is 9.97 Å². The van der Waals surface area contributed by atoms with E-state index in [0.29, 0.717) is 28.6 Å². The normalized spacial score (nSPS) is 14.3. The minimum Gasteiger partial charge on any atom is -0.365 e. The van der Waals surface area contributed by atoms with Crippen molar-refractivity contribution in [3.63, 3.8) is 0 Å². The van der Waals surface area contributed by atoms with Crippen LogP contribution in [-0.4, -0.2) is 25.6 Å². The van der Waals surface area contributed by atoms with E-state index >= 15 is 0 Å². The molecule has 0 saturated heterocycles. The predicted molar refractivity (Wildman–Crippen MR) is 87.2 cm³/mol. The van der Waals surface area contributed by atoms with Gasteiger partial charge in [-0.15, -0.1) is 0 Å². The van der Waals surface area contributed by atoms with Gasteiger partial charge < -0.3 is 9.88 Å². The second-order valence-electron chi connectivity index (χ2n) is 5.96. The van der Waals surface area contributed by atoms with Crippen molar-refractivity contribution in [3.05, 3.63) is 46.5 Å². The van der Waals surface area contributed by atoms with Gasteiger partial charge in [-0.1, -0.05) is 6.07 Å². The van der Waals surface area contributed by atoms with E-state index in [1.165, 1.54) is 18.5 Å². The maximum atomic E-state index is 14.2. The standard InChI is InChI=1S/C16H14ClF2N5/c1-8-2-5-11(18)10(12(8)19)6-24-7-20-13-14(21-9-3-4-9)22-16(17)23-15(13)24/h2,5,7,9H,3-4,6H2,1H3,(H,21,22,23). The second-order valence-corrected chi connectivity index (χ2v) is 6.30. The smallest absolute Gasteiger partial charge is 0.226 e. The van der Waals surface area contributed by atoms with Crippen molar-refractivity contribution in [2.75, 3.05) is 5.32 Å². The fraction of sp³-hybridized carbons (Fsp3) is 0.312. The lowest BCUT2D eigenvalue weighted by Crippen LogP contribution is -2.08. The maximum Gasteiger partial charge on any atom is 0.226 e. The first-order chi connectivity index (χ1) is 11.5. The van der Waals surface area contributed by atoms with Crippen LogP contribution in [0.15, 0.2) is 18.5 Å². The molecule has 0 unspecified atom stereocenters. The number of rotatable bonds is 4. The van der Waals surface area contributed by atoms with Crippen LogP contribution in [0.25, 0.3) is 11.2 Å². The zero-order chi connectivity index (χ0) is 16.8. The number of aryl methyl sites for hydroxylation is 1. The van der Waals surface area contributed by atoms with Crippen LogP contribution in [0.3, 0.4) is 0 Å². The molecule has 0 amide bonds. The molecule has 0 aliphatic heterocycles. The molecule has 0 bridgehead atoms. The Bertz CT molecular complexity index is 936. The summed E-state index contributed by atoms with van der Waals surface area (Å²) in [4.78, 5) is 12.6. The molecule has 5 nitrogen and oxygen atoms in total. The van der Waals surface area contributed by atoms with Crippen molar-refractivity contribution in [1.82, 2.24) is 19.5 Å². The van der Waals surface area contributed by atoms with Gasteiger partial charge in [0.25, 0.3) is 0 Å². The lowest BCUT2D eigenvalue weighted by Gasteiger charge is -2.09. The number of anilines is 1. The van der Waals surface area contributed by atoms with Gasteiger partial charge in [0.1, 0.15) is 11.6 Å². The van der Waals surface area contributed by atoms with Crippen LogP contribution in [0.1, 0.15) is 24.0 Å². The van der Waals surface area contributed by atoms with Gasteiger partial charge in [0.05, 0.1) is 12.9 Å². The van der Waals surface area contributed by atoms with Crippen LogP contribution in [0, 0.1) is 18.6 Å². The Morgan fingerprint density at radius 1 is 1.29 bits per heavy atom. The maximum absolute atomic E-state index is 14.2. The summed E-state index contributed by atoms with van der Waals surface area (Å²) in [5, 5.41) is 3.32. The summed E-state index contributed by atoms with van der Waals surface area (Å²) in [6, 6.07) is 3.04. The van der Waals surface area contributed by atoms with Crippen LogP contribution >= 0.6 is 11.6 Å². The molecule has 2 aromatic heterocycles. The van der Waals surface area contributed by atoms with Crippen LogP contribution in [0.2, 0.25) is 5.28 Å². The highest BCUT2D eigenvalue weighted by molar-refractivity contribution is 6.28. The van der Waals surface area contributed by atoms with Crippen molar-refractivity contribution in [2.45, 2.75) is 32.4 Å². The number of hydrogen-bond donors (Lipinski definition) is 1. The number of benzene rings is 1. The van der Waals surface area contributed by atoms with E-state index in [-0.39, 0.29) is 17.4 Å².